The fourth-order valence-corrected chi connectivity index (χ4v) is 4.43. The van der Waals surface area contributed by atoms with Crippen LogP contribution in [0.25, 0.3) is 28.2 Å². The van der Waals surface area contributed by atoms with Gasteiger partial charge >= 0.3 is 0 Å². The maximum Gasteiger partial charge on any atom is 0.252 e. The molecule has 1 aliphatic heterocycles. The van der Waals surface area contributed by atoms with Gasteiger partial charge in [0.2, 0.25) is 11.8 Å². The molecule has 13 heteroatoms. The second-order valence-electron chi connectivity index (χ2n) is 9.26. The summed E-state index contributed by atoms with van der Waals surface area (Å²) in [6, 6.07) is 9.22. The summed E-state index contributed by atoms with van der Waals surface area (Å²) < 4.78 is 8.04. The molecule has 5 heterocycles. The number of aromatic nitrogens is 8. The Labute approximate surface area is 210 Å². The number of nitrogen functional groups attached to an aromatic ring is 1. The Kier molecular flexibility index (Phi) is 5.14. The third-order valence-electron chi connectivity index (χ3n) is 6.64. The number of nitrogens with zero attached hydrogens (tertiary/aromatic N) is 8. The minimum atomic E-state index is -1.33. The number of nitrogens with one attached hydrogen (secondary N) is 1. The largest absolute Gasteiger partial charge is 0.383 e. The van der Waals surface area contributed by atoms with Crippen LogP contribution in [0.3, 0.4) is 0 Å². The van der Waals surface area contributed by atoms with E-state index in [1.807, 2.05) is 37.3 Å². The quantitative estimate of drug-likeness (QED) is 0.297. The number of hydrogen-bond donors (Lipinski definition) is 3. The van der Waals surface area contributed by atoms with E-state index in [-0.39, 0.29) is 31.6 Å². The standard InChI is InChI=1S/C24H24N10O3/c1-14-17(27-9-8-26-14)18-30-19-16-10-29-34(20(16)31-22(25)33(19)32-18)23(2,15-6-4-3-5-7-15)21(35)28-11-24(36)12-37-13-24/h3-10,36H,11-13H2,1-2H3,(H2,25,31)(H,28,35). The predicted octanol–water partition coefficient (Wildman–Crippen LogP) is 0.463. The van der Waals surface area contributed by atoms with Crippen molar-refractivity contribution < 1.29 is 14.6 Å². The molecule has 188 valence electrons. The summed E-state index contributed by atoms with van der Waals surface area (Å²) in [4.78, 5) is 31.6. The van der Waals surface area contributed by atoms with E-state index in [2.05, 4.69) is 35.5 Å². The Balaban J connectivity index is 1.50. The van der Waals surface area contributed by atoms with E-state index in [0.717, 1.165) is 0 Å². The second kappa shape index (κ2) is 8.28. The molecule has 1 unspecified atom stereocenters. The van der Waals surface area contributed by atoms with Gasteiger partial charge in [0.05, 0.1) is 37.0 Å². The summed E-state index contributed by atoms with van der Waals surface area (Å²) in [6.45, 7) is 3.93. The number of ether oxygens (including phenoxy) is 1. The number of carbonyl (C=O) groups excluding carboxylic acids is 1. The molecule has 4 N–H and O–H groups in total. The van der Waals surface area contributed by atoms with Crippen molar-refractivity contribution in [3.8, 4) is 11.5 Å². The van der Waals surface area contributed by atoms with Gasteiger partial charge in [0.25, 0.3) is 5.91 Å². The molecule has 1 saturated heterocycles. The van der Waals surface area contributed by atoms with Crippen molar-refractivity contribution in [3.05, 3.63) is 60.2 Å². The number of rotatable bonds is 6. The molecular weight excluding hydrogens is 476 g/mol. The van der Waals surface area contributed by atoms with Crippen molar-refractivity contribution >= 4 is 28.5 Å². The van der Waals surface area contributed by atoms with Gasteiger partial charge in [-0.2, -0.15) is 14.6 Å². The number of anilines is 1. The lowest BCUT2D eigenvalue weighted by molar-refractivity contribution is -0.176. The van der Waals surface area contributed by atoms with Crippen LogP contribution in [0.15, 0.2) is 48.9 Å². The number of fused-ring (bicyclic) bond motifs is 3. The molecule has 1 atom stereocenters. The fourth-order valence-electron chi connectivity index (χ4n) is 4.43. The van der Waals surface area contributed by atoms with Crippen molar-refractivity contribution in [1.82, 2.24) is 44.6 Å². The number of hydrogen-bond acceptors (Lipinski definition) is 10. The van der Waals surface area contributed by atoms with Crippen molar-refractivity contribution in [3.63, 3.8) is 0 Å². The maximum atomic E-state index is 13.7. The number of aryl methyl sites for hydroxylation is 1. The Morgan fingerprint density at radius 2 is 1.95 bits per heavy atom. The van der Waals surface area contributed by atoms with Crippen LogP contribution in [-0.2, 0) is 15.1 Å². The summed E-state index contributed by atoms with van der Waals surface area (Å²) in [5.41, 5.74) is 6.53. The normalized spacial score (nSPS) is 16.4. The summed E-state index contributed by atoms with van der Waals surface area (Å²) in [5.74, 6) is 0.0433. The lowest BCUT2D eigenvalue weighted by Crippen LogP contribution is -2.59. The highest BCUT2D eigenvalue weighted by Gasteiger charge is 2.43. The smallest absolute Gasteiger partial charge is 0.252 e. The Bertz CT molecular complexity index is 1640. The van der Waals surface area contributed by atoms with Gasteiger partial charge in [-0.1, -0.05) is 30.3 Å². The van der Waals surface area contributed by atoms with E-state index in [0.29, 0.717) is 39.5 Å². The summed E-state index contributed by atoms with van der Waals surface area (Å²) in [5, 5.41) is 22.9. The number of benzene rings is 1. The fraction of sp³-hybridized carbons (Fsp3) is 0.292. The monoisotopic (exact) mass is 500 g/mol. The van der Waals surface area contributed by atoms with Gasteiger partial charge in [0, 0.05) is 12.4 Å². The first-order valence-electron chi connectivity index (χ1n) is 11.6. The summed E-state index contributed by atoms with van der Waals surface area (Å²) >= 11 is 0. The number of aliphatic hydroxyl groups is 1. The highest BCUT2D eigenvalue weighted by Crippen LogP contribution is 2.32. The minimum absolute atomic E-state index is 0.0400. The molecule has 0 saturated carbocycles. The summed E-state index contributed by atoms with van der Waals surface area (Å²) in [7, 11) is 0. The highest BCUT2D eigenvalue weighted by atomic mass is 16.5. The first kappa shape index (κ1) is 22.9. The molecule has 0 spiro atoms. The number of carbonyl (C=O) groups is 1. The first-order chi connectivity index (χ1) is 17.8. The molecular formula is C24H24N10O3. The molecule has 13 nitrogen and oxygen atoms in total. The molecule has 37 heavy (non-hydrogen) atoms. The van der Waals surface area contributed by atoms with E-state index < -0.39 is 11.1 Å². The van der Waals surface area contributed by atoms with Crippen molar-refractivity contribution in [2.24, 2.45) is 0 Å². The zero-order valence-electron chi connectivity index (χ0n) is 20.2. The van der Waals surface area contributed by atoms with Crippen LogP contribution in [0, 0.1) is 6.92 Å². The minimum Gasteiger partial charge on any atom is -0.383 e. The van der Waals surface area contributed by atoms with E-state index in [1.54, 1.807) is 25.5 Å². The average Bonchev–Trinajstić information content (AvgIpc) is 3.52. The molecule has 1 fully saturated rings. The van der Waals surface area contributed by atoms with E-state index in [1.165, 1.54) is 9.20 Å². The van der Waals surface area contributed by atoms with Crippen molar-refractivity contribution in [2.45, 2.75) is 25.0 Å². The predicted molar refractivity (Wildman–Crippen MR) is 132 cm³/mol. The summed E-state index contributed by atoms with van der Waals surface area (Å²) in [6.07, 6.45) is 4.75. The van der Waals surface area contributed by atoms with Crippen molar-refractivity contribution in [2.75, 3.05) is 25.5 Å². The average molecular weight is 501 g/mol. The molecule has 1 aliphatic rings. The molecule has 0 bridgehead atoms. The highest BCUT2D eigenvalue weighted by molar-refractivity contribution is 5.94. The van der Waals surface area contributed by atoms with Crippen LogP contribution in [-0.4, -0.2) is 75.7 Å². The van der Waals surface area contributed by atoms with Crippen LogP contribution >= 0.6 is 0 Å². The third kappa shape index (κ3) is 3.58. The van der Waals surface area contributed by atoms with Gasteiger partial charge in [0.15, 0.2) is 16.8 Å². The van der Waals surface area contributed by atoms with Crippen LogP contribution in [0.4, 0.5) is 5.95 Å². The van der Waals surface area contributed by atoms with Gasteiger partial charge in [-0.3, -0.25) is 9.78 Å². The van der Waals surface area contributed by atoms with Crippen LogP contribution in [0.1, 0.15) is 18.2 Å². The maximum absolute atomic E-state index is 13.7. The third-order valence-corrected chi connectivity index (χ3v) is 6.64. The Morgan fingerprint density at radius 3 is 2.65 bits per heavy atom. The SMILES string of the molecule is Cc1nccnc1-c1nc2c3cnn(C(C)(C(=O)NCC4(O)COC4)c4ccccc4)c3nc(N)n2n1. The topological polar surface area (TPSA) is 171 Å². The number of amides is 1. The molecule has 5 aromatic rings. The zero-order valence-corrected chi connectivity index (χ0v) is 20.2. The molecule has 0 radical (unpaired) electrons. The van der Waals surface area contributed by atoms with Gasteiger partial charge in [-0.05, 0) is 19.4 Å². The molecule has 1 amide bonds. The van der Waals surface area contributed by atoms with E-state index in [4.69, 9.17) is 10.5 Å². The molecule has 4 aromatic heterocycles. The zero-order chi connectivity index (χ0) is 25.8. The number of nitrogens with two attached hydrogens (primary N) is 1. The first-order valence-corrected chi connectivity index (χ1v) is 11.6. The van der Waals surface area contributed by atoms with Gasteiger partial charge < -0.3 is 20.9 Å². The van der Waals surface area contributed by atoms with Gasteiger partial charge in [0.1, 0.15) is 11.3 Å². The Hall–Kier alpha value is -4.49. The molecule has 1 aromatic carbocycles. The van der Waals surface area contributed by atoms with E-state index >= 15 is 0 Å². The molecule has 0 aliphatic carbocycles. The Morgan fingerprint density at radius 1 is 1.19 bits per heavy atom. The van der Waals surface area contributed by atoms with Gasteiger partial charge in [-0.15, -0.1) is 5.10 Å². The van der Waals surface area contributed by atoms with Crippen LogP contribution in [0.2, 0.25) is 0 Å². The lowest BCUT2D eigenvalue weighted by Gasteiger charge is -2.37. The lowest BCUT2D eigenvalue weighted by atomic mass is 9.90. The molecule has 6 rings (SSSR count). The van der Waals surface area contributed by atoms with Crippen LogP contribution < -0.4 is 11.1 Å². The van der Waals surface area contributed by atoms with Crippen molar-refractivity contribution in [1.29, 1.82) is 0 Å². The second-order valence-corrected chi connectivity index (χ2v) is 9.26. The van der Waals surface area contributed by atoms with E-state index in [9.17, 15) is 9.90 Å². The van der Waals surface area contributed by atoms with Gasteiger partial charge in [-0.25, -0.2) is 14.6 Å². The van der Waals surface area contributed by atoms with Crippen LogP contribution in [0.5, 0.6) is 0 Å².